The average Bonchev–Trinajstić information content (AvgIpc) is 2.34. The highest BCUT2D eigenvalue weighted by molar-refractivity contribution is 5.52. The molecule has 2 aliphatic rings. The fourth-order valence-electron chi connectivity index (χ4n) is 3.44. The van der Waals surface area contributed by atoms with Gasteiger partial charge in [0, 0.05) is 17.3 Å². The van der Waals surface area contributed by atoms with Gasteiger partial charge in [-0.05, 0) is 63.2 Å². The molecule has 0 radical (unpaired) electrons. The molecular weight excluding hydrogens is 227 g/mol. The third-order valence-corrected chi connectivity index (χ3v) is 4.65. The van der Waals surface area contributed by atoms with E-state index in [0.717, 1.165) is 24.3 Å². The van der Waals surface area contributed by atoms with Crippen molar-refractivity contribution in [1.29, 1.82) is 0 Å². The smallest absolute Gasteiger partial charge is 0.128 e. The van der Waals surface area contributed by atoms with Crippen LogP contribution in [0.5, 0.6) is 0 Å². The molecule has 0 bridgehead atoms. The van der Waals surface area contributed by atoms with Gasteiger partial charge in [-0.3, -0.25) is 0 Å². The van der Waals surface area contributed by atoms with Crippen LogP contribution in [0.4, 0.5) is 10.1 Å². The quantitative estimate of drug-likeness (QED) is 0.840. The summed E-state index contributed by atoms with van der Waals surface area (Å²) < 4.78 is 13.5. The number of hydrogen-bond acceptors (Lipinski definition) is 2. The predicted octanol–water partition coefficient (Wildman–Crippen LogP) is 3.08. The summed E-state index contributed by atoms with van der Waals surface area (Å²) in [6.45, 7) is 4.16. The molecule has 3 rings (SSSR count). The van der Waals surface area contributed by atoms with Crippen molar-refractivity contribution in [1.82, 2.24) is 5.32 Å². The Morgan fingerprint density at radius 1 is 1.28 bits per heavy atom. The minimum Gasteiger partial charge on any atom is -0.382 e. The van der Waals surface area contributed by atoms with E-state index in [4.69, 9.17) is 0 Å². The molecule has 2 nitrogen and oxygen atoms in total. The Hall–Kier alpha value is -1.09. The van der Waals surface area contributed by atoms with Gasteiger partial charge in [-0.15, -0.1) is 0 Å². The van der Waals surface area contributed by atoms with Gasteiger partial charge in [-0.2, -0.15) is 0 Å². The molecular formula is C15H21FN2. The molecule has 1 heterocycles. The number of piperidine rings is 1. The van der Waals surface area contributed by atoms with E-state index in [9.17, 15) is 4.39 Å². The zero-order valence-corrected chi connectivity index (χ0v) is 10.9. The van der Waals surface area contributed by atoms with Gasteiger partial charge in [0.2, 0.25) is 0 Å². The lowest BCUT2D eigenvalue weighted by Crippen LogP contribution is -2.50. The summed E-state index contributed by atoms with van der Waals surface area (Å²) in [4.78, 5) is 0. The maximum Gasteiger partial charge on any atom is 0.128 e. The minimum absolute atomic E-state index is 0.115. The van der Waals surface area contributed by atoms with Crippen molar-refractivity contribution in [3.05, 3.63) is 29.6 Å². The number of nitrogens with one attached hydrogen (secondary N) is 2. The molecule has 98 valence electrons. The van der Waals surface area contributed by atoms with Crippen molar-refractivity contribution in [3.63, 3.8) is 0 Å². The van der Waals surface area contributed by atoms with Crippen LogP contribution in [0.1, 0.15) is 31.2 Å². The van der Waals surface area contributed by atoms with Crippen LogP contribution >= 0.6 is 0 Å². The van der Waals surface area contributed by atoms with Gasteiger partial charge < -0.3 is 10.6 Å². The molecule has 0 unspecified atom stereocenters. The van der Waals surface area contributed by atoms with E-state index in [0.29, 0.717) is 11.5 Å². The molecule has 1 aromatic carbocycles. The van der Waals surface area contributed by atoms with Crippen molar-refractivity contribution >= 4 is 5.69 Å². The molecule has 0 amide bonds. The summed E-state index contributed by atoms with van der Waals surface area (Å²) >= 11 is 0. The van der Waals surface area contributed by atoms with Crippen LogP contribution in [0, 0.1) is 18.2 Å². The summed E-state index contributed by atoms with van der Waals surface area (Å²) in [6, 6.07) is 5.81. The lowest BCUT2D eigenvalue weighted by molar-refractivity contribution is 0.0718. The second-order valence-corrected chi connectivity index (χ2v) is 5.91. The van der Waals surface area contributed by atoms with Gasteiger partial charge in [0.05, 0.1) is 0 Å². The first-order chi connectivity index (χ1) is 8.69. The van der Waals surface area contributed by atoms with E-state index in [1.165, 1.54) is 31.7 Å². The van der Waals surface area contributed by atoms with E-state index < -0.39 is 0 Å². The zero-order chi connectivity index (χ0) is 12.6. The Labute approximate surface area is 108 Å². The largest absolute Gasteiger partial charge is 0.382 e. The highest BCUT2D eigenvalue weighted by Gasteiger charge is 2.44. The number of anilines is 1. The monoisotopic (exact) mass is 248 g/mol. The fraction of sp³-hybridized carbons (Fsp3) is 0.600. The zero-order valence-electron chi connectivity index (χ0n) is 10.9. The second-order valence-electron chi connectivity index (χ2n) is 5.91. The van der Waals surface area contributed by atoms with Gasteiger partial charge >= 0.3 is 0 Å². The van der Waals surface area contributed by atoms with E-state index in [1.54, 1.807) is 6.07 Å². The molecule has 1 spiro atoms. The average molecular weight is 248 g/mol. The Kier molecular flexibility index (Phi) is 3.02. The Morgan fingerprint density at radius 3 is 2.72 bits per heavy atom. The van der Waals surface area contributed by atoms with Crippen LogP contribution in [-0.4, -0.2) is 19.1 Å². The van der Waals surface area contributed by atoms with Crippen LogP contribution in [0.2, 0.25) is 0 Å². The summed E-state index contributed by atoms with van der Waals surface area (Å²) in [5.74, 6) is -0.115. The summed E-state index contributed by atoms with van der Waals surface area (Å²) in [5, 5.41) is 6.92. The second kappa shape index (κ2) is 4.54. The Morgan fingerprint density at radius 2 is 2.00 bits per heavy atom. The Bertz CT molecular complexity index is 430. The van der Waals surface area contributed by atoms with Crippen molar-refractivity contribution < 1.29 is 4.39 Å². The van der Waals surface area contributed by atoms with E-state index in [2.05, 4.69) is 10.6 Å². The minimum atomic E-state index is -0.115. The molecule has 0 atom stereocenters. The maximum absolute atomic E-state index is 13.5. The molecule has 0 aromatic heterocycles. The van der Waals surface area contributed by atoms with Gasteiger partial charge in [-0.25, -0.2) is 4.39 Å². The lowest BCUT2D eigenvalue weighted by atomic mass is 9.60. The molecule has 1 aliphatic carbocycles. The highest BCUT2D eigenvalue weighted by atomic mass is 19.1. The Balaban J connectivity index is 1.61. The van der Waals surface area contributed by atoms with Crippen LogP contribution < -0.4 is 10.6 Å². The number of halogens is 1. The molecule has 1 saturated heterocycles. The summed E-state index contributed by atoms with van der Waals surface area (Å²) in [5.41, 5.74) is 2.27. The highest BCUT2D eigenvalue weighted by Crippen LogP contribution is 2.48. The molecule has 1 saturated carbocycles. The summed E-state index contributed by atoms with van der Waals surface area (Å²) in [7, 11) is 0. The third kappa shape index (κ3) is 2.12. The lowest BCUT2D eigenvalue weighted by Gasteiger charge is -2.51. The van der Waals surface area contributed by atoms with E-state index in [1.807, 2.05) is 13.0 Å². The number of benzene rings is 1. The van der Waals surface area contributed by atoms with Gasteiger partial charge in [0.25, 0.3) is 0 Å². The van der Waals surface area contributed by atoms with Gasteiger partial charge in [0.1, 0.15) is 5.82 Å². The van der Waals surface area contributed by atoms with E-state index in [-0.39, 0.29) is 5.82 Å². The molecule has 2 N–H and O–H groups in total. The van der Waals surface area contributed by atoms with Crippen LogP contribution in [-0.2, 0) is 0 Å². The van der Waals surface area contributed by atoms with Gasteiger partial charge in [0.15, 0.2) is 0 Å². The van der Waals surface area contributed by atoms with Crippen molar-refractivity contribution in [2.24, 2.45) is 5.41 Å². The SMILES string of the molecule is Cc1c(F)cccc1NC1CC2(CCNCC2)C1. The van der Waals surface area contributed by atoms with Gasteiger partial charge in [-0.1, -0.05) is 6.07 Å². The predicted molar refractivity (Wildman–Crippen MR) is 72.3 cm³/mol. The van der Waals surface area contributed by atoms with Crippen LogP contribution in [0.3, 0.4) is 0 Å². The third-order valence-electron chi connectivity index (χ3n) is 4.65. The molecule has 1 aliphatic heterocycles. The number of rotatable bonds is 2. The van der Waals surface area contributed by atoms with Crippen molar-refractivity contribution in [2.75, 3.05) is 18.4 Å². The summed E-state index contributed by atoms with van der Waals surface area (Å²) in [6.07, 6.45) is 5.08. The normalized spacial score (nSPS) is 22.8. The van der Waals surface area contributed by atoms with Crippen molar-refractivity contribution in [2.45, 2.75) is 38.6 Å². The van der Waals surface area contributed by atoms with E-state index >= 15 is 0 Å². The van der Waals surface area contributed by atoms with Crippen LogP contribution in [0.15, 0.2) is 18.2 Å². The molecule has 2 fully saturated rings. The standard InChI is InChI=1S/C15H21FN2/c1-11-13(16)3-2-4-14(11)18-12-9-15(10-12)5-7-17-8-6-15/h2-4,12,17-18H,5-10H2,1H3. The first kappa shape index (κ1) is 12.0. The first-order valence-electron chi connectivity index (χ1n) is 6.91. The maximum atomic E-state index is 13.5. The topological polar surface area (TPSA) is 24.1 Å². The fourth-order valence-corrected chi connectivity index (χ4v) is 3.44. The molecule has 1 aromatic rings. The van der Waals surface area contributed by atoms with Crippen molar-refractivity contribution in [3.8, 4) is 0 Å². The van der Waals surface area contributed by atoms with Crippen LogP contribution in [0.25, 0.3) is 0 Å². The number of hydrogen-bond donors (Lipinski definition) is 2. The first-order valence-corrected chi connectivity index (χ1v) is 6.91. The molecule has 3 heteroatoms. The molecule has 18 heavy (non-hydrogen) atoms.